The molecule has 3 rings (SSSR count). The third kappa shape index (κ3) is 5.88. The molecule has 30 heavy (non-hydrogen) atoms. The maximum atomic E-state index is 12.6. The summed E-state index contributed by atoms with van der Waals surface area (Å²) in [5.74, 6) is -0.365. The van der Waals surface area contributed by atoms with Crippen LogP contribution in [0.5, 0.6) is 0 Å². The van der Waals surface area contributed by atoms with Crippen LogP contribution in [-0.2, 0) is 23.1 Å². The number of benzene rings is 2. The lowest BCUT2D eigenvalue weighted by Crippen LogP contribution is -2.27. The van der Waals surface area contributed by atoms with Gasteiger partial charge in [0.25, 0.3) is 5.91 Å². The van der Waals surface area contributed by atoms with Crippen LogP contribution in [0.4, 0.5) is 0 Å². The monoisotopic (exact) mass is 425 g/mol. The zero-order valence-electron chi connectivity index (χ0n) is 16.3. The van der Waals surface area contributed by atoms with E-state index in [1.807, 2.05) is 30.3 Å². The predicted octanol–water partition coefficient (Wildman–Crippen LogP) is 2.15. The molecule has 0 fully saturated rings. The minimum atomic E-state index is -3.75. The Hall–Kier alpha value is -3.23. The molecule has 1 heterocycles. The molecule has 2 aromatic carbocycles. The van der Waals surface area contributed by atoms with E-state index in [1.165, 1.54) is 24.3 Å². The molecular weight excluding hydrogens is 402 g/mol. The van der Waals surface area contributed by atoms with Crippen molar-refractivity contribution in [3.63, 3.8) is 0 Å². The van der Waals surface area contributed by atoms with Gasteiger partial charge in [0, 0.05) is 37.5 Å². The molecule has 7 nitrogen and oxygen atoms in total. The van der Waals surface area contributed by atoms with Crippen LogP contribution in [-0.4, -0.2) is 25.4 Å². The molecule has 8 heteroatoms. The average molecular weight is 426 g/mol. The summed E-state index contributed by atoms with van der Waals surface area (Å²) in [5.41, 5.74) is 1.01. The third-order valence-corrected chi connectivity index (χ3v) is 5.87. The highest BCUT2D eigenvalue weighted by Crippen LogP contribution is 2.12. The lowest BCUT2D eigenvalue weighted by molar-refractivity contribution is 0.0952. The molecule has 1 aromatic heterocycles. The fraction of sp³-hybridized carbons (Fsp3) is 0.182. The van der Waals surface area contributed by atoms with Crippen molar-refractivity contribution in [1.82, 2.24) is 14.6 Å². The maximum absolute atomic E-state index is 12.6. The van der Waals surface area contributed by atoms with E-state index in [2.05, 4.69) is 10.0 Å². The summed E-state index contributed by atoms with van der Waals surface area (Å²) in [5, 5.41) is 2.76. The smallest absolute Gasteiger partial charge is 0.251 e. The molecular formula is C22H23N3O4S. The Morgan fingerprint density at radius 2 is 1.70 bits per heavy atom. The second kappa shape index (κ2) is 10.00. The second-order valence-electron chi connectivity index (χ2n) is 6.68. The van der Waals surface area contributed by atoms with E-state index < -0.39 is 10.0 Å². The number of sulfonamides is 1. The summed E-state index contributed by atoms with van der Waals surface area (Å²) in [7, 11) is -3.75. The number of carbonyl (C=O) groups is 1. The minimum Gasteiger partial charge on any atom is -0.352 e. The van der Waals surface area contributed by atoms with Crippen LogP contribution < -0.4 is 15.6 Å². The van der Waals surface area contributed by atoms with Crippen molar-refractivity contribution < 1.29 is 13.2 Å². The molecule has 0 spiro atoms. The van der Waals surface area contributed by atoms with Crippen LogP contribution >= 0.6 is 0 Å². The van der Waals surface area contributed by atoms with Crippen LogP contribution in [0.3, 0.4) is 0 Å². The molecule has 0 unspecified atom stereocenters. The number of pyridine rings is 1. The van der Waals surface area contributed by atoms with Crippen LogP contribution in [0, 0.1) is 0 Å². The SMILES string of the molecule is O=C(NCCCn1ccccc1=O)c1cccc(S(=O)(=O)NCc2ccccc2)c1. The first-order chi connectivity index (χ1) is 14.5. The fourth-order valence-electron chi connectivity index (χ4n) is 2.86. The van der Waals surface area contributed by atoms with Crippen LogP contribution in [0.15, 0.2) is 88.7 Å². The van der Waals surface area contributed by atoms with Crippen molar-refractivity contribution in [2.45, 2.75) is 24.4 Å². The van der Waals surface area contributed by atoms with Gasteiger partial charge >= 0.3 is 0 Å². The molecule has 0 aliphatic carbocycles. The normalized spacial score (nSPS) is 11.2. The van der Waals surface area contributed by atoms with E-state index in [4.69, 9.17) is 0 Å². The summed E-state index contributed by atoms with van der Waals surface area (Å²) in [4.78, 5) is 24.1. The number of hydrogen-bond donors (Lipinski definition) is 2. The van der Waals surface area contributed by atoms with Crippen molar-refractivity contribution in [1.29, 1.82) is 0 Å². The van der Waals surface area contributed by atoms with Gasteiger partial charge in [0.2, 0.25) is 15.6 Å². The quantitative estimate of drug-likeness (QED) is 0.514. The summed E-state index contributed by atoms with van der Waals surface area (Å²) in [6, 6.07) is 20.0. The molecule has 0 aliphatic heterocycles. The van der Waals surface area contributed by atoms with Crippen molar-refractivity contribution in [3.8, 4) is 0 Å². The molecule has 3 aromatic rings. The molecule has 2 N–H and O–H groups in total. The van der Waals surface area contributed by atoms with E-state index >= 15 is 0 Å². The van der Waals surface area contributed by atoms with Gasteiger partial charge in [-0.3, -0.25) is 9.59 Å². The Balaban J connectivity index is 1.56. The first kappa shape index (κ1) is 21.5. The van der Waals surface area contributed by atoms with Gasteiger partial charge in [-0.05, 0) is 36.2 Å². The summed E-state index contributed by atoms with van der Waals surface area (Å²) in [6.45, 7) is 1.01. The van der Waals surface area contributed by atoms with Gasteiger partial charge in [-0.2, -0.15) is 0 Å². The Morgan fingerprint density at radius 1 is 0.933 bits per heavy atom. The minimum absolute atomic E-state index is 0.0296. The molecule has 0 radical (unpaired) electrons. The number of hydrogen-bond acceptors (Lipinski definition) is 4. The van der Waals surface area contributed by atoms with E-state index in [0.717, 1.165) is 5.56 Å². The van der Waals surface area contributed by atoms with Crippen molar-refractivity contribution in [2.24, 2.45) is 0 Å². The van der Waals surface area contributed by atoms with Crippen LogP contribution in [0.25, 0.3) is 0 Å². The second-order valence-corrected chi connectivity index (χ2v) is 8.45. The van der Waals surface area contributed by atoms with Crippen molar-refractivity contribution in [2.75, 3.05) is 6.54 Å². The fourth-order valence-corrected chi connectivity index (χ4v) is 3.92. The Kier molecular flexibility index (Phi) is 7.16. The van der Waals surface area contributed by atoms with Crippen LogP contribution in [0.2, 0.25) is 0 Å². The zero-order valence-corrected chi connectivity index (χ0v) is 17.1. The highest BCUT2D eigenvalue weighted by Gasteiger charge is 2.16. The maximum Gasteiger partial charge on any atom is 0.251 e. The zero-order chi connectivity index (χ0) is 21.4. The van der Waals surface area contributed by atoms with E-state index in [0.29, 0.717) is 19.5 Å². The van der Waals surface area contributed by atoms with Gasteiger partial charge in [0.15, 0.2) is 0 Å². The number of aryl methyl sites for hydroxylation is 1. The number of rotatable bonds is 9. The lowest BCUT2D eigenvalue weighted by atomic mass is 10.2. The van der Waals surface area contributed by atoms with E-state index in [9.17, 15) is 18.0 Å². The number of aromatic nitrogens is 1. The van der Waals surface area contributed by atoms with Gasteiger partial charge in [0.05, 0.1) is 4.90 Å². The Labute approximate surface area is 175 Å². The Morgan fingerprint density at radius 3 is 2.47 bits per heavy atom. The molecule has 0 aliphatic rings. The molecule has 1 amide bonds. The molecule has 0 saturated heterocycles. The number of carbonyl (C=O) groups excluding carboxylic acids is 1. The topological polar surface area (TPSA) is 97.3 Å². The summed E-state index contributed by atoms with van der Waals surface area (Å²) >= 11 is 0. The summed E-state index contributed by atoms with van der Waals surface area (Å²) < 4.78 is 29.2. The lowest BCUT2D eigenvalue weighted by Gasteiger charge is -2.10. The standard InChI is InChI=1S/C22H23N3O4S/c26-21-12-4-5-14-25(21)15-7-13-23-22(27)19-10-6-11-20(16-19)30(28,29)24-17-18-8-2-1-3-9-18/h1-6,8-12,14,16,24H,7,13,15,17H2,(H,23,27). The molecule has 0 atom stereocenters. The van der Waals surface area contributed by atoms with E-state index in [-0.39, 0.29) is 28.5 Å². The molecule has 0 saturated carbocycles. The van der Waals surface area contributed by atoms with E-state index in [1.54, 1.807) is 29.0 Å². The highest BCUT2D eigenvalue weighted by molar-refractivity contribution is 7.89. The first-order valence-electron chi connectivity index (χ1n) is 9.53. The Bertz CT molecular complexity index is 1160. The van der Waals surface area contributed by atoms with Gasteiger partial charge in [-0.1, -0.05) is 42.5 Å². The molecule has 156 valence electrons. The highest BCUT2D eigenvalue weighted by atomic mass is 32.2. The van der Waals surface area contributed by atoms with Crippen molar-refractivity contribution in [3.05, 3.63) is 100 Å². The van der Waals surface area contributed by atoms with Crippen molar-refractivity contribution >= 4 is 15.9 Å². The molecule has 0 bridgehead atoms. The largest absolute Gasteiger partial charge is 0.352 e. The number of amides is 1. The van der Waals surface area contributed by atoms with Gasteiger partial charge in [-0.25, -0.2) is 13.1 Å². The van der Waals surface area contributed by atoms with Gasteiger partial charge in [-0.15, -0.1) is 0 Å². The first-order valence-corrected chi connectivity index (χ1v) is 11.0. The average Bonchev–Trinajstić information content (AvgIpc) is 2.77. The predicted molar refractivity (Wildman–Crippen MR) is 115 cm³/mol. The number of nitrogens with zero attached hydrogens (tertiary/aromatic N) is 1. The third-order valence-electron chi connectivity index (χ3n) is 4.48. The van der Waals surface area contributed by atoms with Crippen LogP contribution in [0.1, 0.15) is 22.3 Å². The van der Waals surface area contributed by atoms with Gasteiger partial charge in [0.1, 0.15) is 0 Å². The summed E-state index contributed by atoms with van der Waals surface area (Å²) in [6.07, 6.45) is 2.27. The van der Waals surface area contributed by atoms with Gasteiger partial charge < -0.3 is 9.88 Å². The number of nitrogens with one attached hydrogen (secondary N) is 2.